The Morgan fingerprint density at radius 3 is 2.71 bits per heavy atom. The molecule has 0 saturated carbocycles. The molecule has 0 radical (unpaired) electrons. The van der Waals surface area contributed by atoms with Crippen LogP contribution in [0.15, 0.2) is 18.2 Å². The minimum atomic E-state index is -0.0930. The van der Waals surface area contributed by atoms with Gasteiger partial charge in [-0.1, -0.05) is 12.1 Å². The number of nitrogens with two attached hydrogens (primary N) is 1. The zero-order valence-corrected chi connectivity index (χ0v) is 8.66. The Bertz CT molecular complexity index is 299. The van der Waals surface area contributed by atoms with E-state index in [1.54, 1.807) is 7.11 Å². The van der Waals surface area contributed by atoms with Crippen LogP contribution in [0.2, 0.25) is 0 Å². The molecule has 3 nitrogen and oxygen atoms in total. The molecule has 3 heteroatoms. The van der Waals surface area contributed by atoms with Crippen LogP contribution in [0.5, 0.6) is 5.75 Å². The standard InChI is InChI=1S/C11H17NO2/c1-8-7-9(10(12)5-6-13)3-4-11(8)14-2/h3-4,7,10,13H,5-6,12H2,1-2H3/t10-/m0/s1. The van der Waals surface area contributed by atoms with Crippen LogP contribution in [0, 0.1) is 6.92 Å². The highest BCUT2D eigenvalue weighted by atomic mass is 16.5. The van der Waals surface area contributed by atoms with E-state index >= 15 is 0 Å². The number of ether oxygens (including phenoxy) is 1. The molecule has 0 aliphatic carbocycles. The van der Waals surface area contributed by atoms with E-state index in [0.29, 0.717) is 6.42 Å². The number of aliphatic hydroxyl groups excluding tert-OH is 1. The summed E-state index contributed by atoms with van der Waals surface area (Å²) in [7, 11) is 1.65. The molecule has 3 N–H and O–H groups in total. The van der Waals surface area contributed by atoms with Gasteiger partial charge >= 0.3 is 0 Å². The van der Waals surface area contributed by atoms with Crippen molar-refractivity contribution in [2.45, 2.75) is 19.4 Å². The summed E-state index contributed by atoms with van der Waals surface area (Å²) in [4.78, 5) is 0. The van der Waals surface area contributed by atoms with Crippen molar-refractivity contribution in [3.63, 3.8) is 0 Å². The summed E-state index contributed by atoms with van der Waals surface area (Å²) in [5, 5.41) is 8.76. The van der Waals surface area contributed by atoms with E-state index in [1.165, 1.54) is 0 Å². The SMILES string of the molecule is COc1ccc([C@@H](N)CCO)cc1C. The molecule has 1 aromatic rings. The molecule has 0 fully saturated rings. The second-order valence-corrected chi connectivity index (χ2v) is 3.35. The topological polar surface area (TPSA) is 55.5 Å². The number of aliphatic hydroxyl groups is 1. The highest BCUT2D eigenvalue weighted by Gasteiger charge is 2.07. The Balaban J connectivity index is 2.85. The average molecular weight is 195 g/mol. The fourth-order valence-electron chi connectivity index (χ4n) is 1.44. The van der Waals surface area contributed by atoms with Crippen molar-refractivity contribution in [2.75, 3.05) is 13.7 Å². The molecule has 0 aliphatic rings. The maximum Gasteiger partial charge on any atom is 0.121 e. The van der Waals surface area contributed by atoms with E-state index < -0.39 is 0 Å². The number of benzene rings is 1. The summed E-state index contributed by atoms with van der Waals surface area (Å²) in [6.07, 6.45) is 0.589. The van der Waals surface area contributed by atoms with Crippen LogP contribution in [-0.4, -0.2) is 18.8 Å². The lowest BCUT2D eigenvalue weighted by Crippen LogP contribution is -2.12. The third kappa shape index (κ3) is 2.47. The third-order valence-electron chi connectivity index (χ3n) is 2.29. The van der Waals surface area contributed by atoms with Crippen molar-refractivity contribution in [1.82, 2.24) is 0 Å². The number of hydrogen-bond donors (Lipinski definition) is 2. The van der Waals surface area contributed by atoms with Crippen LogP contribution < -0.4 is 10.5 Å². The van der Waals surface area contributed by atoms with E-state index in [0.717, 1.165) is 16.9 Å². The second-order valence-electron chi connectivity index (χ2n) is 3.35. The summed E-state index contributed by atoms with van der Waals surface area (Å²) < 4.78 is 5.15. The van der Waals surface area contributed by atoms with Crippen LogP contribution in [0.1, 0.15) is 23.6 Å². The van der Waals surface area contributed by atoms with Crippen LogP contribution in [0.4, 0.5) is 0 Å². The first kappa shape index (κ1) is 11.0. The zero-order chi connectivity index (χ0) is 10.6. The summed E-state index contributed by atoms with van der Waals surface area (Å²) in [6.45, 7) is 2.10. The molecule has 0 amide bonds. The number of aryl methyl sites for hydroxylation is 1. The van der Waals surface area contributed by atoms with Gasteiger partial charge in [-0.25, -0.2) is 0 Å². The number of methoxy groups -OCH3 is 1. The number of hydrogen-bond acceptors (Lipinski definition) is 3. The Hall–Kier alpha value is -1.06. The van der Waals surface area contributed by atoms with Gasteiger partial charge in [-0.3, -0.25) is 0 Å². The Kier molecular flexibility index (Phi) is 3.92. The predicted octanol–water partition coefficient (Wildman–Crippen LogP) is 1.39. The van der Waals surface area contributed by atoms with E-state index in [1.807, 2.05) is 25.1 Å². The minimum Gasteiger partial charge on any atom is -0.496 e. The molecule has 1 atom stereocenters. The lowest BCUT2D eigenvalue weighted by atomic mass is 10.0. The fraction of sp³-hybridized carbons (Fsp3) is 0.455. The minimum absolute atomic E-state index is 0.0930. The molecule has 14 heavy (non-hydrogen) atoms. The summed E-state index contributed by atoms with van der Waals surface area (Å²) in [6, 6.07) is 5.75. The lowest BCUT2D eigenvalue weighted by Gasteiger charge is -2.12. The first-order valence-corrected chi connectivity index (χ1v) is 4.70. The Morgan fingerprint density at radius 1 is 1.50 bits per heavy atom. The number of rotatable bonds is 4. The monoisotopic (exact) mass is 195 g/mol. The molecule has 1 aromatic carbocycles. The average Bonchev–Trinajstić information content (AvgIpc) is 2.18. The first-order chi connectivity index (χ1) is 6.69. The Labute approximate surface area is 84.5 Å². The molecular weight excluding hydrogens is 178 g/mol. The molecule has 0 saturated heterocycles. The second kappa shape index (κ2) is 4.98. The van der Waals surface area contributed by atoms with Gasteiger partial charge in [0.25, 0.3) is 0 Å². The van der Waals surface area contributed by atoms with Gasteiger partial charge in [0.05, 0.1) is 7.11 Å². The molecule has 78 valence electrons. The van der Waals surface area contributed by atoms with Gasteiger partial charge in [-0.15, -0.1) is 0 Å². The third-order valence-corrected chi connectivity index (χ3v) is 2.29. The fourth-order valence-corrected chi connectivity index (χ4v) is 1.44. The van der Waals surface area contributed by atoms with Gasteiger partial charge in [-0.05, 0) is 30.5 Å². The molecule has 0 aromatic heterocycles. The summed E-state index contributed by atoms with van der Waals surface area (Å²) in [5.41, 5.74) is 7.97. The molecule has 1 rings (SSSR count). The van der Waals surface area contributed by atoms with Gasteiger partial charge < -0.3 is 15.6 Å². The van der Waals surface area contributed by atoms with Gasteiger partial charge in [-0.2, -0.15) is 0 Å². The van der Waals surface area contributed by atoms with E-state index in [9.17, 15) is 0 Å². The maximum absolute atomic E-state index is 8.76. The maximum atomic E-state index is 8.76. The molecule has 0 bridgehead atoms. The van der Waals surface area contributed by atoms with E-state index in [2.05, 4.69) is 0 Å². The summed E-state index contributed by atoms with van der Waals surface area (Å²) >= 11 is 0. The van der Waals surface area contributed by atoms with Gasteiger partial charge in [0, 0.05) is 12.6 Å². The van der Waals surface area contributed by atoms with Crippen molar-refractivity contribution < 1.29 is 9.84 Å². The summed E-state index contributed by atoms with van der Waals surface area (Å²) in [5.74, 6) is 0.866. The molecule has 0 aliphatic heterocycles. The quantitative estimate of drug-likeness (QED) is 0.763. The van der Waals surface area contributed by atoms with Crippen molar-refractivity contribution in [2.24, 2.45) is 5.73 Å². The highest BCUT2D eigenvalue weighted by Crippen LogP contribution is 2.22. The predicted molar refractivity (Wildman–Crippen MR) is 56.4 cm³/mol. The van der Waals surface area contributed by atoms with Crippen LogP contribution in [-0.2, 0) is 0 Å². The smallest absolute Gasteiger partial charge is 0.121 e. The van der Waals surface area contributed by atoms with Crippen LogP contribution >= 0.6 is 0 Å². The molecule has 0 spiro atoms. The van der Waals surface area contributed by atoms with Crippen LogP contribution in [0.3, 0.4) is 0 Å². The van der Waals surface area contributed by atoms with Crippen molar-refractivity contribution in [3.8, 4) is 5.75 Å². The first-order valence-electron chi connectivity index (χ1n) is 4.70. The molecule has 0 heterocycles. The largest absolute Gasteiger partial charge is 0.496 e. The van der Waals surface area contributed by atoms with Gasteiger partial charge in [0.2, 0.25) is 0 Å². The zero-order valence-electron chi connectivity index (χ0n) is 8.66. The Morgan fingerprint density at radius 2 is 2.21 bits per heavy atom. The lowest BCUT2D eigenvalue weighted by molar-refractivity contribution is 0.276. The van der Waals surface area contributed by atoms with Crippen molar-refractivity contribution >= 4 is 0 Å². The van der Waals surface area contributed by atoms with E-state index in [4.69, 9.17) is 15.6 Å². The van der Waals surface area contributed by atoms with E-state index in [-0.39, 0.29) is 12.6 Å². The van der Waals surface area contributed by atoms with Crippen molar-refractivity contribution in [1.29, 1.82) is 0 Å². The highest BCUT2D eigenvalue weighted by molar-refractivity contribution is 5.37. The molecular formula is C11H17NO2. The van der Waals surface area contributed by atoms with Gasteiger partial charge in [0.15, 0.2) is 0 Å². The molecule has 0 unspecified atom stereocenters. The normalized spacial score (nSPS) is 12.6. The van der Waals surface area contributed by atoms with Crippen LogP contribution in [0.25, 0.3) is 0 Å². The van der Waals surface area contributed by atoms with Crippen molar-refractivity contribution in [3.05, 3.63) is 29.3 Å². The van der Waals surface area contributed by atoms with Gasteiger partial charge in [0.1, 0.15) is 5.75 Å².